The van der Waals surface area contributed by atoms with Crippen molar-refractivity contribution in [1.82, 2.24) is 0 Å². The third-order valence-electron chi connectivity index (χ3n) is 5.64. The molecule has 7 heteroatoms. The molecule has 0 fully saturated rings. The molecule has 0 aliphatic carbocycles. The SMILES string of the molecule is CCCOc1ccc(Cl)c2c(=O)c3ccccc3sc12.O=c1c2ccccc2sc2ccc(Cl)cc12. The third-order valence-corrected chi connectivity index (χ3v) is 8.53. The summed E-state index contributed by atoms with van der Waals surface area (Å²) in [6, 6.07) is 24.3. The van der Waals surface area contributed by atoms with Crippen molar-refractivity contribution in [3.8, 4) is 5.75 Å². The molecule has 0 amide bonds. The molecule has 0 aliphatic rings. The van der Waals surface area contributed by atoms with Gasteiger partial charge in [-0.2, -0.15) is 0 Å². The van der Waals surface area contributed by atoms with Crippen molar-refractivity contribution in [1.29, 1.82) is 0 Å². The van der Waals surface area contributed by atoms with E-state index in [4.69, 9.17) is 27.9 Å². The van der Waals surface area contributed by atoms with Gasteiger partial charge in [-0.15, -0.1) is 22.7 Å². The van der Waals surface area contributed by atoms with E-state index in [1.165, 1.54) is 0 Å². The Hall–Kier alpha value is -2.96. The highest BCUT2D eigenvalue weighted by Crippen LogP contribution is 2.35. The average Bonchev–Trinajstić information content (AvgIpc) is 2.89. The van der Waals surface area contributed by atoms with E-state index < -0.39 is 0 Å². The summed E-state index contributed by atoms with van der Waals surface area (Å²) >= 11 is 15.3. The Morgan fingerprint density at radius 3 is 2.08 bits per heavy atom. The summed E-state index contributed by atoms with van der Waals surface area (Å²) < 4.78 is 9.52. The summed E-state index contributed by atoms with van der Waals surface area (Å²) in [6.07, 6.45) is 0.923. The van der Waals surface area contributed by atoms with Gasteiger partial charge in [0.05, 0.1) is 21.7 Å². The molecule has 0 radical (unpaired) electrons. The molecular weight excluding hydrogens is 531 g/mol. The van der Waals surface area contributed by atoms with Crippen molar-refractivity contribution < 1.29 is 4.74 Å². The van der Waals surface area contributed by atoms with E-state index >= 15 is 0 Å². The van der Waals surface area contributed by atoms with Crippen molar-refractivity contribution in [3.63, 3.8) is 0 Å². The minimum atomic E-state index is -0.0266. The quantitative estimate of drug-likeness (QED) is 0.206. The molecule has 2 aromatic heterocycles. The van der Waals surface area contributed by atoms with Gasteiger partial charge < -0.3 is 4.74 Å². The lowest BCUT2D eigenvalue weighted by atomic mass is 10.2. The molecule has 0 unspecified atom stereocenters. The number of hydrogen-bond donors (Lipinski definition) is 0. The third kappa shape index (κ3) is 4.72. The van der Waals surface area contributed by atoms with Crippen molar-refractivity contribution in [3.05, 3.63) is 109 Å². The van der Waals surface area contributed by atoms with Gasteiger partial charge in [-0.3, -0.25) is 9.59 Å². The Morgan fingerprint density at radius 2 is 1.36 bits per heavy atom. The molecule has 0 aliphatic heterocycles. The highest BCUT2D eigenvalue weighted by molar-refractivity contribution is 7.25. The van der Waals surface area contributed by atoms with Crippen LogP contribution < -0.4 is 15.6 Å². The zero-order valence-electron chi connectivity index (χ0n) is 19.2. The first-order chi connectivity index (χ1) is 17.5. The van der Waals surface area contributed by atoms with Crippen LogP contribution in [0.2, 0.25) is 10.0 Å². The Kier molecular flexibility index (Phi) is 7.26. The largest absolute Gasteiger partial charge is 0.492 e. The van der Waals surface area contributed by atoms with E-state index in [0.29, 0.717) is 32.8 Å². The van der Waals surface area contributed by atoms with E-state index in [2.05, 4.69) is 6.92 Å². The van der Waals surface area contributed by atoms with E-state index in [9.17, 15) is 9.59 Å². The number of ether oxygens (including phenoxy) is 1. The Balaban J connectivity index is 0.000000152. The average molecular weight is 552 g/mol. The van der Waals surface area contributed by atoms with Crippen LogP contribution in [0.4, 0.5) is 0 Å². The van der Waals surface area contributed by atoms with Crippen molar-refractivity contribution in [2.45, 2.75) is 13.3 Å². The first kappa shape index (κ1) is 24.7. The highest BCUT2D eigenvalue weighted by atomic mass is 35.5. The van der Waals surface area contributed by atoms with Gasteiger partial charge in [0.25, 0.3) is 0 Å². The molecule has 0 bridgehead atoms. The minimum absolute atomic E-state index is 0.0266. The van der Waals surface area contributed by atoms with Gasteiger partial charge in [0.2, 0.25) is 0 Å². The molecular formula is C29H20Cl2O3S2. The van der Waals surface area contributed by atoms with Gasteiger partial charge in [-0.1, -0.05) is 54.4 Å². The van der Waals surface area contributed by atoms with E-state index in [1.807, 2.05) is 66.7 Å². The summed E-state index contributed by atoms with van der Waals surface area (Å²) in [7, 11) is 0. The van der Waals surface area contributed by atoms with Crippen LogP contribution in [0.15, 0.2) is 88.5 Å². The van der Waals surface area contributed by atoms with Gasteiger partial charge in [0, 0.05) is 35.3 Å². The van der Waals surface area contributed by atoms with Crippen LogP contribution in [0.5, 0.6) is 5.75 Å². The zero-order chi connectivity index (χ0) is 25.2. The summed E-state index contributed by atoms with van der Waals surface area (Å²) in [6.45, 7) is 2.68. The van der Waals surface area contributed by atoms with E-state index in [1.54, 1.807) is 34.8 Å². The second-order valence-corrected chi connectivity index (χ2v) is 11.1. The van der Waals surface area contributed by atoms with Crippen molar-refractivity contribution in [2.24, 2.45) is 0 Å². The highest BCUT2D eigenvalue weighted by Gasteiger charge is 2.13. The van der Waals surface area contributed by atoms with Crippen LogP contribution in [-0.2, 0) is 0 Å². The van der Waals surface area contributed by atoms with Crippen LogP contribution in [-0.4, -0.2) is 6.61 Å². The molecule has 0 saturated heterocycles. The fourth-order valence-corrected chi connectivity index (χ4v) is 6.63. The topological polar surface area (TPSA) is 43.4 Å². The molecule has 4 aromatic carbocycles. The standard InChI is InChI=1S/C16H13ClO2S.C13H7ClOS/c1-2-9-19-12-8-7-11(17)14-15(18)10-5-3-4-6-13(10)20-16(12)14;14-8-5-6-12-10(7-8)13(15)9-3-1-2-4-11(9)16-12/h3-8H,2,9H2,1H3;1-7H. The van der Waals surface area contributed by atoms with E-state index in [0.717, 1.165) is 36.4 Å². The Morgan fingerprint density at radius 1 is 0.722 bits per heavy atom. The zero-order valence-corrected chi connectivity index (χ0v) is 22.4. The molecule has 36 heavy (non-hydrogen) atoms. The predicted octanol–water partition coefficient (Wildman–Crippen LogP) is 8.92. The second-order valence-electron chi connectivity index (χ2n) is 8.09. The minimum Gasteiger partial charge on any atom is -0.492 e. The monoisotopic (exact) mass is 550 g/mol. The van der Waals surface area contributed by atoms with Gasteiger partial charge in [0.1, 0.15) is 5.75 Å². The van der Waals surface area contributed by atoms with Gasteiger partial charge in [0.15, 0.2) is 10.9 Å². The summed E-state index contributed by atoms with van der Waals surface area (Å²) in [5.74, 6) is 0.735. The lowest BCUT2D eigenvalue weighted by Gasteiger charge is -2.09. The van der Waals surface area contributed by atoms with Crippen molar-refractivity contribution >= 4 is 86.2 Å². The summed E-state index contributed by atoms with van der Waals surface area (Å²) in [5.41, 5.74) is 0.0353. The number of benzene rings is 4. The van der Waals surface area contributed by atoms with Crippen molar-refractivity contribution in [2.75, 3.05) is 6.61 Å². The van der Waals surface area contributed by atoms with Crippen LogP contribution in [0.3, 0.4) is 0 Å². The van der Waals surface area contributed by atoms with E-state index in [-0.39, 0.29) is 10.9 Å². The molecule has 180 valence electrons. The second kappa shape index (κ2) is 10.6. The Bertz CT molecular complexity index is 1860. The summed E-state index contributed by atoms with van der Waals surface area (Å²) in [5, 5.41) is 3.82. The maximum absolute atomic E-state index is 12.6. The van der Waals surface area contributed by atoms with Crippen LogP contribution in [0.25, 0.3) is 40.3 Å². The van der Waals surface area contributed by atoms with Crippen LogP contribution in [0, 0.1) is 0 Å². The molecule has 0 atom stereocenters. The first-order valence-corrected chi connectivity index (χ1v) is 13.7. The van der Waals surface area contributed by atoms with Gasteiger partial charge >= 0.3 is 0 Å². The first-order valence-electron chi connectivity index (χ1n) is 11.4. The maximum atomic E-state index is 12.6. The normalized spacial score (nSPS) is 11.1. The fraction of sp³-hybridized carbons (Fsp3) is 0.103. The molecule has 0 saturated carbocycles. The van der Waals surface area contributed by atoms with Crippen LogP contribution in [0.1, 0.15) is 13.3 Å². The number of rotatable bonds is 3. The lowest BCUT2D eigenvalue weighted by molar-refractivity contribution is 0.321. The smallest absolute Gasteiger partial charge is 0.197 e. The fourth-order valence-electron chi connectivity index (χ4n) is 3.94. The Labute approximate surface area is 225 Å². The molecule has 0 spiro atoms. The maximum Gasteiger partial charge on any atom is 0.197 e. The molecule has 2 heterocycles. The predicted molar refractivity (Wildman–Crippen MR) is 157 cm³/mol. The number of fused-ring (bicyclic) bond motifs is 4. The molecule has 0 N–H and O–H groups in total. The lowest BCUT2D eigenvalue weighted by Crippen LogP contribution is -2.03. The molecule has 6 rings (SSSR count). The molecule has 3 nitrogen and oxygen atoms in total. The summed E-state index contributed by atoms with van der Waals surface area (Å²) in [4.78, 5) is 24.8. The number of hydrogen-bond acceptors (Lipinski definition) is 5. The molecule has 6 aromatic rings. The van der Waals surface area contributed by atoms with Gasteiger partial charge in [-0.05, 0) is 61.0 Å². The van der Waals surface area contributed by atoms with Crippen LogP contribution >= 0.6 is 45.9 Å². The van der Waals surface area contributed by atoms with Gasteiger partial charge in [-0.25, -0.2) is 0 Å². The number of halogens is 2.